The number of aryl methyl sites for hydroxylation is 2. The van der Waals surface area contributed by atoms with E-state index in [9.17, 15) is 0 Å². The maximum atomic E-state index is 4.71. The molecule has 1 heterocycles. The van der Waals surface area contributed by atoms with E-state index in [1.165, 1.54) is 116 Å². The van der Waals surface area contributed by atoms with Crippen LogP contribution >= 0.6 is 0 Å². The quantitative estimate of drug-likeness (QED) is 0.206. The number of rotatable bonds is 20. The van der Waals surface area contributed by atoms with Gasteiger partial charge in [-0.2, -0.15) is 0 Å². The molecule has 1 aromatic heterocycles. The standard InChI is InChI=1S/C26H48N3/c1-4-6-8-10-12-14-16-18-20-22-25-27-24(3)28-26(29-25)23-21-19-17-15-13-11-9-7-5-2/h3-23H2,1-2H3. The highest BCUT2D eigenvalue weighted by Gasteiger charge is 2.04. The van der Waals surface area contributed by atoms with E-state index in [-0.39, 0.29) is 0 Å². The van der Waals surface area contributed by atoms with Gasteiger partial charge in [0.15, 0.2) is 0 Å². The lowest BCUT2D eigenvalue weighted by molar-refractivity contribution is 0.556. The molecule has 0 atom stereocenters. The Kier molecular flexibility index (Phi) is 17.1. The smallest absolute Gasteiger partial charge is 0.133 e. The highest BCUT2D eigenvalue weighted by molar-refractivity contribution is 5.00. The van der Waals surface area contributed by atoms with E-state index in [1.54, 1.807) is 0 Å². The Balaban J connectivity index is 2.09. The van der Waals surface area contributed by atoms with Gasteiger partial charge in [-0.25, -0.2) is 15.0 Å². The molecule has 3 nitrogen and oxygen atoms in total. The lowest BCUT2D eigenvalue weighted by Crippen LogP contribution is -2.06. The van der Waals surface area contributed by atoms with Gasteiger partial charge in [-0.05, 0) is 12.8 Å². The van der Waals surface area contributed by atoms with Crippen molar-refractivity contribution in [1.29, 1.82) is 0 Å². The molecule has 0 spiro atoms. The Bertz CT molecular complexity index is 447. The van der Waals surface area contributed by atoms with Gasteiger partial charge in [0.1, 0.15) is 17.5 Å². The van der Waals surface area contributed by atoms with Crippen LogP contribution < -0.4 is 0 Å². The average molecular weight is 403 g/mol. The maximum absolute atomic E-state index is 4.71. The van der Waals surface area contributed by atoms with Crippen molar-refractivity contribution >= 4 is 0 Å². The van der Waals surface area contributed by atoms with Gasteiger partial charge in [-0.3, -0.25) is 0 Å². The third-order valence-corrected chi connectivity index (χ3v) is 5.78. The molecule has 0 unspecified atom stereocenters. The van der Waals surface area contributed by atoms with Crippen LogP contribution in [-0.2, 0) is 12.8 Å². The molecule has 3 heteroatoms. The first-order valence-electron chi connectivity index (χ1n) is 12.8. The first kappa shape index (κ1) is 26.0. The summed E-state index contributed by atoms with van der Waals surface area (Å²) in [5.41, 5.74) is 0. The van der Waals surface area contributed by atoms with Gasteiger partial charge >= 0.3 is 0 Å². The summed E-state index contributed by atoms with van der Waals surface area (Å²) in [6.45, 7) is 8.52. The molecule has 1 aromatic rings. The Labute approximate surface area is 181 Å². The molecule has 0 bridgehead atoms. The molecule has 0 saturated heterocycles. The summed E-state index contributed by atoms with van der Waals surface area (Å²) in [6.07, 6.45) is 26.3. The van der Waals surface area contributed by atoms with Crippen LogP contribution in [0.2, 0.25) is 0 Å². The van der Waals surface area contributed by atoms with Gasteiger partial charge in [-0.1, -0.05) is 117 Å². The predicted molar refractivity (Wildman–Crippen MR) is 126 cm³/mol. The van der Waals surface area contributed by atoms with Crippen molar-refractivity contribution in [2.75, 3.05) is 0 Å². The fraction of sp³-hybridized carbons (Fsp3) is 0.846. The zero-order valence-electron chi connectivity index (χ0n) is 19.7. The second-order valence-electron chi connectivity index (χ2n) is 8.74. The van der Waals surface area contributed by atoms with E-state index in [0.717, 1.165) is 24.5 Å². The third kappa shape index (κ3) is 15.5. The summed E-state index contributed by atoms with van der Waals surface area (Å²) in [6, 6.07) is 0. The third-order valence-electron chi connectivity index (χ3n) is 5.78. The summed E-state index contributed by atoms with van der Waals surface area (Å²) < 4.78 is 0. The molecule has 0 fully saturated rings. The number of nitrogens with zero attached hydrogens (tertiary/aromatic N) is 3. The molecule has 167 valence electrons. The summed E-state index contributed by atoms with van der Waals surface area (Å²) in [7, 11) is 0. The van der Waals surface area contributed by atoms with Crippen LogP contribution in [0, 0.1) is 6.92 Å². The minimum atomic E-state index is 0.650. The summed E-state index contributed by atoms with van der Waals surface area (Å²) in [4.78, 5) is 13.6. The summed E-state index contributed by atoms with van der Waals surface area (Å²) in [5, 5.41) is 0. The van der Waals surface area contributed by atoms with Gasteiger partial charge in [0.25, 0.3) is 0 Å². The largest absolute Gasteiger partial charge is 0.218 e. The molecule has 1 radical (unpaired) electrons. The lowest BCUT2D eigenvalue weighted by Gasteiger charge is -2.06. The highest BCUT2D eigenvalue weighted by atomic mass is 15.0. The van der Waals surface area contributed by atoms with Crippen molar-refractivity contribution in [3.05, 3.63) is 24.4 Å². The van der Waals surface area contributed by atoms with Gasteiger partial charge < -0.3 is 0 Å². The summed E-state index contributed by atoms with van der Waals surface area (Å²) in [5.74, 6) is 2.56. The Morgan fingerprint density at radius 3 is 1.10 bits per heavy atom. The molecule has 1 rings (SSSR count). The van der Waals surface area contributed by atoms with Crippen LogP contribution in [0.3, 0.4) is 0 Å². The molecular formula is C26H48N3. The number of hydrogen-bond donors (Lipinski definition) is 0. The fourth-order valence-electron chi connectivity index (χ4n) is 3.93. The second kappa shape index (κ2) is 19.0. The molecule has 0 saturated carbocycles. The molecule has 0 N–H and O–H groups in total. The Morgan fingerprint density at radius 2 is 0.759 bits per heavy atom. The second-order valence-corrected chi connectivity index (χ2v) is 8.74. The molecule has 0 aliphatic rings. The average Bonchev–Trinajstić information content (AvgIpc) is 2.71. The summed E-state index contributed by atoms with van der Waals surface area (Å²) >= 11 is 0. The first-order chi connectivity index (χ1) is 14.3. The van der Waals surface area contributed by atoms with Crippen molar-refractivity contribution in [2.45, 2.75) is 142 Å². The van der Waals surface area contributed by atoms with E-state index < -0.39 is 0 Å². The number of unbranched alkanes of at least 4 members (excludes halogenated alkanes) is 16. The van der Waals surface area contributed by atoms with Crippen molar-refractivity contribution in [1.82, 2.24) is 15.0 Å². The van der Waals surface area contributed by atoms with Crippen molar-refractivity contribution in [3.8, 4) is 0 Å². The van der Waals surface area contributed by atoms with Crippen LogP contribution in [0.15, 0.2) is 0 Å². The van der Waals surface area contributed by atoms with Crippen LogP contribution in [0.25, 0.3) is 0 Å². The maximum Gasteiger partial charge on any atom is 0.133 e. The molecule has 29 heavy (non-hydrogen) atoms. The predicted octanol–water partition coefficient (Wildman–Crippen LogP) is 8.20. The van der Waals surface area contributed by atoms with E-state index in [1.807, 2.05) is 0 Å². The van der Waals surface area contributed by atoms with E-state index in [2.05, 4.69) is 30.7 Å². The molecule has 0 aliphatic carbocycles. The van der Waals surface area contributed by atoms with E-state index >= 15 is 0 Å². The molecule has 0 aliphatic heterocycles. The van der Waals surface area contributed by atoms with Crippen molar-refractivity contribution in [2.24, 2.45) is 0 Å². The fourth-order valence-corrected chi connectivity index (χ4v) is 3.93. The highest BCUT2D eigenvalue weighted by Crippen LogP contribution is 2.13. The number of aromatic nitrogens is 3. The normalized spacial score (nSPS) is 11.3. The van der Waals surface area contributed by atoms with E-state index in [0.29, 0.717) is 5.82 Å². The molecule has 0 amide bonds. The van der Waals surface area contributed by atoms with Gasteiger partial charge in [-0.15, -0.1) is 0 Å². The molecule has 0 aromatic carbocycles. The monoisotopic (exact) mass is 402 g/mol. The number of hydrogen-bond acceptors (Lipinski definition) is 3. The zero-order valence-corrected chi connectivity index (χ0v) is 19.7. The van der Waals surface area contributed by atoms with Gasteiger partial charge in [0.05, 0.1) is 0 Å². The Hall–Kier alpha value is -0.990. The van der Waals surface area contributed by atoms with Crippen LogP contribution in [0.5, 0.6) is 0 Å². The van der Waals surface area contributed by atoms with Crippen LogP contribution in [-0.4, -0.2) is 15.0 Å². The topological polar surface area (TPSA) is 38.7 Å². The molecular weight excluding hydrogens is 354 g/mol. The Morgan fingerprint density at radius 1 is 0.448 bits per heavy atom. The zero-order chi connectivity index (χ0) is 21.0. The van der Waals surface area contributed by atoms with Gasteiger partial charge in [0, 0.05) is 19.8 Å². The SMILES string of the molecule is [CH2]c1nc(CCCCCCCCCCC)nc(CCCCCCCCCCC)n1. The minimum Gasteiger partial charge on any atom is -0.218 e. The first-order valence-corrected chi connectivity index (χ1v) is 12.8. The lowest BCUT2D eigenvalue weighted by atomic mass is 10.1. The van der Waals surface area contributed by atoms with Crippen molar-refractivity contribution < 1.29 is 0 Å². The minimum absolute atomic E-state index is 0.650. The van der Waals surface area contributed by atoms with Crippen LogP contribution in [0.4, 0.5) is 0 Å². The van der Waals surface area contributed by atoms with Crippen molar-refractivity contribution in [3.63, 3.8) is 0 Å². The van der Waals surface area contributed by atoms with E-state index in [4.69, 9.17) is 4.98 Å². The van der Waals surface area contributed by atoms with Crippen LogP contribution in [0.1, 0.15) is 147 Å². The van der Waals surface area contributed by atoms with Gasteiger partial charge in [0.2, 0.25) is 0 Å².